The third kappa shape index (κ3) is 2.69. The van der Waals surface area contributed by atoms with Crippen molar-refractivity contribution in [3.05, 3.63) is 41.7 Å². The molecule has 0 bridgehead atoms. The van der Waals surface area contributed by atoms with Crippen LogP contribution >= 0.6 is 11.8 Å². The van der Waals surface area contributed by atoms with Gasteiger partial charge in [-0.3, -0.25) is 9.59 Å². The van der Waals surface area contributed by atoms with Gasteiger partial charge in [-0.25, -0.2) is 4.79 Å². The van der Waals surface area contributed by atoms with E-state index in [0.29, 0.717) is 11.5 Å². The number of amides is 2. The van der Waals surface area contributed by atoms with Crippen molar-refractivity contribution in [3.8, 4) is 11.3 Å². The molecule has 0 radical (unpaired) electrons. The lowest BCUT2D eigenvalue weighted by atomic mass is 9.95. The lowest BCUT2D eigenvalue weighted by Gasteiger charge is -2.43. The molecule has 9 heteroatoms. The van der Waals surface area contributed by atoms with Gasteiger partial charge in [-0.1, -0.05) is 35.5 Å². The molecule has 2 aliphatic heterocycles. The summed E-state index contributed by atoms with van der Waals surface area (Å²) in [5, 5.41) is 15.8. The molecule has 2 fully saturated rings. The Morgan fingerprint density at radius 1 is 1.29 bits per heavy atom. The average molecular weight is 401 g/mol. The van der Waals surface area contributed by atoms with Crippen LogP contribution in [0.15, 0.2) is 34.9 Å². The van der Waals surface area contributed by atoms with Gasteiger partial charge in [0, 0.05) is 10.3 Å². The average Bonchev–Trinajstić information content (AvgIpc) is 3.15. The highest BCUT2D eigenvalue weighted by Crippen LogP contribution is 2.50. The molecule has 146 valence electrons. The first-order valence-electron chi connectivity index (χ1n) is 8.77. The van der Waals surface area contributed by atoms with Gasteiger partial charge < -0.3 is 19.8 Å². The molecule has 2 amide bonds. The van der Waals surface area contributed by atoms with Crippen molar-refractivity contribution < 1.29 is 24.0 Å². The number of aromatic nitrogens is 1. The number of thioether (sulfide) groups is 1. The van der Waals surface area contributed by atoms with Gasteiger partial charge in [-0.15, -0.1) is 11.8 Å². The summed E-state index contributed by atoms with van der Waals surface area (Å²) in [6, 6.07) is 7.46. The molecule has 0 aliphatic carbocycles. The number of hydrogen-bond acceptors (Lipinski definition) is 6. The van der Waals surface area contributed by atoms with Gasteiger partial charge in [0.25, 0.3) is 5.91 Å². The highest BCUT2D eigenvalue weighted by Gasteiger charge is 2.64. The number of aryl methyl sites for hydroxylation is 1. The van der Waals surface area contributed by atoms with E-state index in [2.05, 4.69) is 10.5 Å². The van der Waals surface area contributed by atoms with Crippen molar-refractivity contribution in [1.82, 2.24) is 15.4 Å². The lowest BCUT2D eigenvalue weighted by molar-refractivity contribution is -0.159. The normalized spacial score (nSPS) is 25.2. The molecule has 1 aromatic heterocycles. The van der Waals surface area contributed by atoms with Crippen LogP contribution in [0.3, 0.4) is 0 Å². The third-order valence-corrected chi connectivity index (χ3v) is 6.67. The summed E-state index contributed by atoms with van der Waals surface area (Å²) < 4.78 is 4.57. The number of rotatable bonds is 4. The largest absolute Gasteiger partial charge is 0.480 e. The number of aliphatic carboxylic acids is 1. The second-order valence-corrected chi connectivity index (χ2v) is 9.15. The second kappa shape index (κ2) is 6.37. The van der Waals surface area contributed by atoms with Crippen molar-refractivity contribution in [3.63, 3.8) is 0 Å². The Hall–Kier alpha value is -2.81. The van der Waals surface area contributed by atoms with Crippen molar-refractivity contribution in [2.75, 3.05) is 0 Å². The number of benzene rings is 1. The van der Waals surface area contributed by atoms with E-state index >= 15 is 0 Å². The molecule has 1 aromatic carbocycles. The Labute approximate surface area is 165 Å². The fourth-order valence-corrected chi connectivity index (χ4v) is 5.42. The minimum atomic E-state index is -1.04. The zero-order valence-electron chi connectivity index (χ0n) is 15.5. The van der Waals surface area contributed by atoms with Gasteiger partial charge in [0.15, 0.2) is 0 Å². The quantitative estimate of drug-likeness (QED) is 0.752. The molecular formula is C19H19N3O5S. The maximum absolute atomic E-state index is 12.9. The monoisotopic (exact) mass is 401 g/mol. The van der Waals surface area contributed by atoms with Gasteiger partial charge in [0.1, 0.15) is 34.5 Å². The van der Waals surface area contributed by atoms with Crippen molar-refractivity contribution in [2.45, 2.75) is 43.0 Å². The number of nitrogens with zero attached hydrogens (tertiary/aromatic N) is 2. The summed E-state index contributed by atoms with van der Waals surface area (Å²) in [6.45, 7) is 5.22. The fourth-order valence-electron chi connectivity index (χ4n) is 3.79. The van der Waals surface area contributed by atoms with E-state index in [0.717, 1.165) is 5.56 Å². The Balaban J connectivity index is 1.58. The molecule has 0 saturated carbocycles. The number of hydrogen-bond donors (Lipinski definition) is 2. The topological polar surface area (TPSA) is 113 Å². The van der Waals surface area contributed by atoms with E-state index in [1.807, 2.05) is 30.3 Å². The zero-order chi connectivity index (χ0) is 20.2. The van der Waals surface area contributed by atoms with Crippen molar-refractivity contribution in [2.24, 2.45) is 0 Å². The number of carboxylic acids is 1. The Kier molecular flexibility index (Phi) is 4.22. The van der Waals surface area contributed by atoms with Gasteiger partial charge in [0.2, 0.25) is 5.91 Å². The van der Waals surface area contributed by atoms with E-state index in [1.165, 1.54) is 16.7 Å². The second-order valence-electron chi connectivity index (χ2n) is 7.38. The SMILES string of the molecule is Cc1onc(-c2ccccc2)c1C(=O)N[C@@H]1C(=O)N2C1SC(C)(C)C2C(=O)O. The van der Waals surface area contributed by atoms with Gasteiger partial charge in [-0.2, -0.15) is 0 Å². The molecule has 4 rings (SSSR count). The van der Waals surface area contributed by atoms with Crippen LogP contribution in [-0.4, -0.2) is 55.2 Å². The number of carbonyl (C=O) groups is 3. The minimum absolute atomic E-state index is 0.273. The summed E-state index contributed by atoms with van der Waals surface area (Å²) in [4.78, 5) is 38.5. The lowest BCUT2D eigenvalue weighted by Crippen LogP contribution is -2.70. The van der Waals surface area contributed by atoms with Crippen molar-refractivity contribution >= 4 is 29.5 Å². The molecular weight excluding hydrogens is 382 g/mol. The van der Waals surface area contributed by atoms with E-state index < -0.39 is 34.1 Å². The molecule has 28 heavy (non-hydrogen) atoms. The van der Waals surface area contributed by atoms with Crippen LogP contribution in [0.5, 0.6) is 0 Å². The Morgan fingerprint density at radius 2 is 1.96 bits per heavy atom. The molecule has 3 heterocycles. The predicted octanol–water partition coefficient (Wildman–Crippen LogP) is 1.90. The van der Waals surface area contributed by atoms with E-state index in [4.69, 9.17) is 4.52 Å². The molecule has 8 nitrogen and oxygen atoms in total. The van der Waals surface area contributed by atoms with Crippen LogP contribution in [0.4, 0.5) is 0 Å². The van der Waals surface area contributed by atoms with Gasteiger partial charge in [-0.05, 0) is 20.8 Å². The van der Waals surface area contributed by atoms with Crippen LogP contribution in [-0.2, 0) is 9.59 Å². The molecule has 3 atom stereocenters. The Morgan fingerprint density at radius 3 is 2.61 bits per heavy atom. The number of β-lactam (4-membered cyclic amide) rings is 1. The molecule has 0 spiro atoms. The maximum atomic E-state index is 12.9. The number of carbonyl (C=O) groups excluding carboxylic acids is 2. The molecule has 2 saturated heterocycles. The number of fused-ring (bicyclic) bond motifs is 1. The standard InChI is InChI=1S/C19H19N3O5S/c1-9-11(12(21-27-9)10-7-5-4-6-8-10)15(23)20-13-16(24)22-14(18(25)26)19(2,3)28-17(13)22/h4-8,13-14,17H,1-3H3,(H,20,23)(H,25,26)/t13-,14?,17?/m1/s1. The molecule has 2 aliphatic rings. The first-order valence-corrected chi connectivity index (χ1v) is 9.65. The van der Waals surface area contributed by atoms with Crippen LogP contribution < -0.4 is 5.32 Å². The summed E-state index contributed by atoms with van der Waals surface area (Å²) in [5.74, 6) is -1.55. The van der Waals surface area contributed by atoms with E-state index in [1.54, 1.807) is 20.8 Å². The van der Waals surface area contributed by atoms with Crippen LogP contribution in [0, 0.1) is 6.92 Å². The zero-order valence-corrected chi connectivity index (χ0v) is 16.3. The highest BCUT2D eigenvalue weighted by molar-refractivity contribution is 8.01. The van der Waals surface area contributed by atoms with Gasteiger partial charge >= 0.3 is 5.97 Å². The first kappa shape index (κ1) is 18.5. The van der Waals surface area contributed by atoms with E-state index in [9.17, 15) is 19.5 Å². The van der Waals surface area contributed by atoms with Crippen LogP contribution in [0.1, 0.15) is 30.0 Å². The smallest absolute Gasteiger partial charge is 0.327 e. The molecule has 2 aromatic rings. The number of carboxylic acid groups (broad SMARTS) is 1. The fraction of sp³-hybridized carbons (Fsp3) is 0.368. The first-order chi connectivity index (χ1) is 13.2. The van der Waals surface area contributed by atoms with Gasteiger partial charge in [0.05, 0.1) is 0 Å². The predicted molar refractivity (Wildman–Crippen MR) is 102 cm³/mol. The maximum Gasteiger partial charge on any atom is 0.327 e. The summed E-state index contributed by atoms with van der Waals surface area (Å²) >= 11 is 1.38. The van der Waals surface area contributed by atoms with E-state index in [-0.39, 0.29) is 11.5 Å². The van der Waals surface area contributed by atoms with Crippen LogP contribution in [0.2, 0.25) is 0 Å². The highest BCUT2D eigenvalue weighted by atomic mass is 32.2. The molecule has 2 unspecified atom stereocenters. The number of nitrogens with one attached hydrogen (secondary N) is 1. The molecule has 2 N–H and O–H groups in total. The van der Waals surface area contributed by atoms with Crippen LogP contribution in [0.25, 0.3) is 11.3 Å². The summed E-state index contributed by atoms with van der Waals surface area (Å²) in [6.07, 6.45) is 0. The van der Waals surface area contributed by atoms with Crippen molar-refractivity contribution in [1.29, 1.82) is 0 Å². The Bertz CT molecular complexity index is 971. The summed E-state index contributed by atoms with van der Waals surface area (Å²) in [5.41, 5.74) is 1.41. The summed E-state index contributed by atoms with van der Waals surface area (Å²) in [7, 11) is 0. The minimum Gasteiger partial charge on any atom is -0.480 e. The third-order valence-electron chi connectivity index (χ3n) is 5.10.